The summed E-state index contributed by atoms with van der Waals surface area (Å²) in [5, 5.41) is 20.0. The molecule has 4 unspecified atom stereocenters. The molecule has 0 aliphatic carbocycles. The summed E-state index contributed by atoms with van der Waals surface area (Å²) in [6.45, 7) is 28.2. The zero-order valence-electron chi connectivity index (χ0n) is 51.9. The van der Waals surface area contributed by atoms with Crippen LogP contribution in [0.1, 0.15) is 136 Å². The molecular formula is C65H110Cl2N10O5. The minimum atomic E-state index is -0.177. The molecule has 82 heavy (non-hydrogen) atoms. The van der Waals surface area contributed by atoms with Crippen molar-refractivity contribution in [2.45, 2.75) is 194 Å². The fourth-order valence-electron chi connectivity index (χ4n) is 9.47. The fourth-order valence-corrected chi connectivity index (χ4v) is 9.47. The smallest absolute Gasteiger partial charge is 0.307 e. The fraction of sp³-hybridized carbons (Fsp3) is 0.585. The molecule has 10 N–H and O–H groups in total. The largest absolute Gasteiger partial charge is 0.469 e. The van der Waals surface area contributed by atoms with E-state index in [0.717, 1.165) is 77.7 Å². The van der Waals surface area contributed by atoms with Gasteiger partial charge in [-0.15, -0.1) is 24.8 Å². The third-order valence-corrected chi connectivity index (χ3v) is 13.9. The van der Waals surface area contributed by atoms with Crippen LogP contribution in [0.5, 0.6) is 0 Å². The zero-order valence-corrected chi connectivity index (χ0v) is 53.5. The van der Waals surface area contributed by atoms with E-state index in [1.165, 1.54) is 55.9 Å². The van der Waals surface area contributed by atoms with E-state index in [9.17, 15) is 14.4 Å². The normalized spacial score (nSPS) is 18.4. The summed E-state index contributed by atoms with van der Waals surface area (Å²) in [7, 11) is 2.85. The van der Waals surface area contributed by atoms with Crippen molar-refractivity contribution in [1.82, 2.24) is 41.7 Å². The zero-order chi connectivity index (χ0) is 58.9. The third-order valence-electron chi connectivity index (χ3n) is 13.9. The number of ether oxygens (including phenoxy) is 2. The molecule has 4 aromatic rings. The van der Waals surface area contributed by atoms with Gasteiger partial charge >= 0.3 is 11.9 Å². The number of nitrogens with two attached hydrogens (primary N) is 2. The first-order valence-corrected chi connectivity index (χ1v) is 29.7. The molecule has 4 aromatic carbocycles. The summed E-state index contributed by atoms with van der Waals surface area (Å²) in [5.41, 5.74) is 16.7. The summed E-state index contributed by atoms with van der Waals surface area (Å²) >= 11 is 0. The third kappa shape index (κ3) is 37.7. The Labute approximate surface area is 508 Å². The number of methoxy groups -OCH3 is 2. The predicted octanol–water partition coefficient (Wildman–Crippen LogP) is 9.15. The molecule has 0 saturated carbocycles. The van der Waals surface area contributed by atoms with Crippen LogP contribution in [0, 0.1) is 0 Å². The van der Waals surface area contributed by atoms with E-state index in [-0.39, 0.29) is 72.9 Å². The molecule has 17 heteroatoms. The van der Waals surface area contributed by atoms with Gasteiger partial charge in [0.2, 0.25) is 5.91 Å². The Bertz CT molecular complexity index is 2070. The molecule has 2 aliphatic heterocycles. The number of carbonyl (C=O) groups is 3. The molecule has 0 spiro atoms. The van der Waals surface area contributed by atoms with Crippen LogP contribution in [-0.4, -0.2) is 136 Å². The van der Waals surface area contributed by atoms with Crippen LogP contribution in [0.25, 0.3) is 0 Å². The summed E-state index contributed by atoms with van der Waals surface area (Å²) in [4.78, 5) is 38.4. The first kappa shape index (κ1) is 77.5. The number of halogens is 2. The molecule has 0 radical (unpaired) electrons. The van der Waals surface area contributed by atoms with Gasteiger partial charge in [0.15, 0.2) is 0 Å². The highest BCUT2D eigenvalue weighted by Crippen LogP contribution is 2.14. The predicted molar refractivity (Wildman–Crippen MR) is 346 cm³/mol. The first-order chi connectivity index (χ1) is 38.5. The molecule has 2 heterocycles. The Balaban J connectivity index is 0.00000105. The maximum atomic E-state index is 11.6. The number of rotatable bonds is 25. The Hall–Kier alpha value is -4.49. The maximum Gasteiger partial charge on any atom is 0.307 e. The minimum Gasteiger partial charge on any atom is -0.469 e. The lowest BCUT2D eigenvalue weighted by molar-refractivity contribution is -0.142. The van der Waals surface area contributed by atoms with Gasteiger partial charge in [0.05, 0.1) is 27.1 Å². The number of nitrogens with zero attached hydrogens (tertiary/aromatic N) is 2. The van der Waals surface area contributed by atoms with E-state index in [1.54, 1.807) is 0 Å². The van der Waals surface area contributed by atoms with Crippen LogP contribution in [0.2, 0.25) is 0 Å². The van der Waals surface area contributed by atoms with E-state index in [1.807, 2.05) is 26.0 Å². The Morgan fingerprint density at radius 1 is 0.598 bits per heavy atom. The average molecular weight is 1180 g/mol. The number of benzene rings is 4. The van der Waals surface area contributed by atoms with E-state index < -0.39 is 0 Å². The highest BCUT2D eigenvalue weighted by atomic mass is 35.5. The van der Waals surface area contributed by atoms with Gasteiger partial charge in [-0.05, 0) is 95.5 Å². The van der Waals surface area contributed by atoms with Crippen molar-refractivity contribution in [2.24, 2.45) is 11.5 Å². The quantitative estimate of drug-likeness (QED) is 0.0292. The number of carbonyl (C=O) groups excluding carboxylic acids is 3. The van der Waals surface area contributed by atoms with Crippen molar-refractivity contribution in [3.05, 3.63) is 144 Å². The Morgan fingerprint density at radius 3 is 1.34 bits per heavy atom. The topological polar surface area (TPSA) is 200 Å². The summed E-state index contributed by atoms with van der Waals surface area (Å²) in [5.74, 6) is -0.163. The van der Waals surface area contributed by atoms with Crippen LogP contribution in [0.15, 0.2) is 121 Å². The molecule has 0 bridgehead atoms. The first-order valence-electron chi connectivity index (χ1n) is 29.7. The molecule has 15 nitrogen and oxygen atoms in total. The van der Waals surface area contributed by atoms with Crippen LogP contribution >= 0.6 is 24.8 Å². The van der Waals surface area contributed by atoms with Gasteiger partial charge in [-0.1, -0.05) is 149 Å². The van der Waals surface area contributed by atoms with Gasteiger partial charge in [-0.3, -0.25) is 24.2 Å². The summed E-state index contributed by atoms with van der Waals surface area (Å²) in [6.07, 6.45) is 6.81. The van der Waals surface area contributed by atoms with Gasteiger partial charge in [-0.2, -0.15) is 0 Å². The van der Waals surface area contributed by atoms with Crippen molar-refractivity contribution in [3.63, 3.8) is 0 Å². The number of esters is 2. The van der Waals surface area contributed by atoms with Gasteiger partial charge < -0.3 is 52.8 Å². The van der Waals surface area contributed by atoms with Crippen LogP contribution in [-0.2, 0) is 50.0 Å². The van der Waals surface area contributed by atoms with Crippen molar-refractivity contribution in [1.29, 1.82) is 0 Å². The van der Waals surface area contributed by atoms with Crippen molar-refractivity contribution in [3.8, 4) is 0 Å². The number of hydrogen-bond donors (Lipinski definition) is 8. The second-order valence-electron chi connectivity index (χ2n) is 21.7. The van der Waals surface area contributed by atoms with Gasteiger partial charge in [0.25, 0.3) is 0 Å². The molecule has 2 fully saturated rings. The summed E-state index contributed by atoms with van der Waals surface area (Å²) in [6, 6.07) is 45.4. The lowest BCUT2D eigenvalue weighted by Gasteiger charge is -2.29. The van der Waals surface area contributed by atoms with Crippen LogP contribution < -0.4 is 43.4 Å². The molecule has 464 valence electrons. The molecule has 0 aromatic heterocycles. The number of hydrogen-bond acceptors (Lipinski definition) is 14. The lowest BCUT2D eigenvalue weighted by atomic mass is 10.1. The monoisotopic (exact) mass is 1180 g/mol. The van der Waals surface area contributed by atoms with Gasteiger partial charge in [-0.25, -0.2) is 0 Å². The highest BCUT2D eigenvalue weighted by molar-refractivity contribution is 5.85. The van der Waals surface area contributed by atoms with Gasteiger partial charge in [0, 0.05) is 120 Å². The molecular weight excluding hydrogens is 1070 g/mol. The lowest BCUT2D eigenvalue weighted by Crippen LogP contribution is -2.44. The SMILES string of the molecule is CCC(CC(=O)OC)N[C@H](C)CN.CCC(CC(=O)OC)N[C@H](C)CN(Cc1ccccc1)Cc1ccccc1.CCC1CC(=O)NC[C@@H](C)N1.CCC1CCNC[C@@H](C)N1.C[C@@H](N)CN(Cc1ccccc1)Cc1ccccc1.Cl.Cl. The molecule has 6 rings (SSSR count). The molecule has 1 amide bonds. The van der Waals surface area contributed by atoms with Crippen molar-refractivity contribution >= 4 is 42.7 Å². The second-order valence-corrected chi connectivity index (χ2v) is 21.7. The standard InChI is InChI=1S/C23H32N2O2.C17H22N2.C9H20N2O2.C8H16N2O.C8H18N2.2ClH/c1-4-22(15-23(26)27-3)24-19(2)16-25(17-20-11-7-5-8-12-20)18-21-13-9-6-10-14-21;1-15(18)12-19(13-16-8-4-2-5-9-16)14-17-10-6-3-7-11-17;1-4-8(5-9(12)13-3)11-7(2)6-10;1-3-7-4-8(11)9-5-6(2)10-7;1-3-8-4-5-9-6-7(2)10-8;;/h5-14,19,22,24H,4,15-18H2,1-3H3;2-11,15H,12-14,18H2,1H3;7-8,11H,4-6,10H2,1-3H3;6-7,10H,3-5H2,1-2H3,(H,9,11);7-10H,3-6H2,1-2H3;2*1H/t19-,22?;15-;7-,8?;6-,7?;7-,8?;;/m11111../s1. The number of amides is 1. The summed E-state index contributed by atoms with van der Waals surface area (Å²) < 4.78 is 9.40. The molecule has 2 aliphatic rings. The van der Waals surface area contributed by atoms with Gasteiger partial charge in [0.1, 0.15) is 0 Å². The number of nitrogens with one attached hydrogen (secondary N) is 6. The van der Waals surface area contributed by atoms with E-state index in [0.29, 0.717) is 43.9 Å². The second kappa shape index (κ2) is 47.8. The van der Waals surface area contributed by atoms with Crippen molar-refractivity contribution in [2.75, 3.05) is 53.5 Å². The van der Waals surface area contributed by atoms with E-state index in [4.69, 9.17) is 16.2 Å². The minimum absolute atomic E-state index is 0. The van der Waals surface area contributed by atoms with Crippen LogP contribution in [0.4, 0.5) is 0 Å². The van der Waals surface area contributed by atoms with Crippen LogP contribution in [0.3, 0.4) is 0 Å². The Morgan fingerprint density at radius 2 is 0.976 bits per heavy atom. The Kier molecular flexibility index (Phi) is 45.2. The van der Waals surface area contributed by atoms with Crippen molar-refractivity contribution < 1.29 is 23.9 Å². The maximum absolute atomic E-state index is 11.6. The molecule has 9 atom stereocenters. The average Bonchev–Trinajstić information content (AvgIpc) is 3.78. The van der Waals surface area contributed by atoms with E-state index in [2.05, 4.69) is 204 Å². The highest BCUT2D eigenvalue weighted by Gasteiger charge is 2.20. The molecule has 2 saturated heterocycles. The van der Waals surface area contributed by atoms with E-state index >= 15 is 0 Å².